The number of rotatable bonds is 7. The minimum Gasteiger partial charge on any atom is -0.346 e. The molecule has 0 aliphatic heterocycles. The van der Waals surface area contributed by atoms with Crippen LogP contribution < -0.4 is 10.0 Å². The van der Waals surface area contributed by atoms with Gasteiger partial charge in [-0.3, -0.25) is 9.52 Å². The maximum Gasteiger partial charge on any atom is 0.261 e. The molecule has 3 N–H and O–H groups in total. The van der Waals surface area contributed by atoms with E-state index in [9.17, 15) is 22.0 Å². The number of nitrogens with one attached hydrogen (secondary N) is 3. The number of benzene rings is 1. The number of sulfonamides is 1. The molecule has 152 valence electrons. The summed E-state index contributed by atoms with van der Waals surface area (Å²) in [4.78, 5) is 19.6. The van der Waals surface area contributed by atoms with E-state index in [1.165, 1.54) is 6.20 Å². The minimum absolute atomic E-state index is 0.209. The summed E-state index contributed by atoms with van der Waals surface area (Å²) in [6, 6.07) is 3.33. The molecule has 1 amide bonds. The number of carbonyl (C=O) groups is 1. The smallest absolute Gasteiger partial charge is 0.261 e. The van der Waals surface area contributed by atoms with E-state index in [2.05, 4.69) is 21.9 Å². The Balaban J connectivity index is 1.93. The lowest BCUT2D eigenvalue weighted by Crippen LogP contribution is -2.20. The summed E-state index contributed by atoms with van der Waals surface area (Å²) in [6.07, 6.45) is 4.92. The summed E-state index contributed by atoms with van der Waals surface area (Å²) in [5.74, 6) is -3.74. The average molecular weight is 420 g/mol. The molecule has 2 aromatic heterocycles. The Morgan fingerprint density at radius 2 is 2.10 bits per heavy atom. The Hall–Kier alpha value is -3.27. The van der Waals surface area contributed by atoms with E-state index >= 15 is 0 Å². The highest BCUT2D eigenvalue weighted by molar-refractivity contribution is 7.92. The van der Waals surface area contributed by atoms with E-state index in [4.69, 9.17) is 0 Å². The first kappa shape index (κ1) is 20.5. The molecule has 0 saturated heterocycles. The van der Waals surface area contributed by atoms with Crippen LogP contribution in [0, 0.1) is 11.6 Å². The standard InChI is InChI=1S/C19H18F2N4O3S/c1-3-7-29(27,28)25-15-6-5-14(20)16(17(15)21)19(26)24-12-8-13-11(4-2)9-22-18(13)23-10-12/h4-6,8-10,25H,2-3,7H2,1H3,(H,22,23)(H,24,26). The van der Waals surface area contributed by atoms with E-state index in [0.717, 1.165) is 17.7 Å². The number of halogens is 2. The Labute approximate surface area is 165 Å². The van der Waals surface area contributed by atoms with Crippen LogP contribution >= 0.6 is 0 Å². The van der Waals surface area contributed by atoms with Gasteiger partial charge < -0.3 is 10.3 Å². The van der Waals surface area contributed by atoms with Gasteiger partial charge in [-0.15, -0.1) is 0 Å². The molecular formula is C19H18F2N4O3S. The molecule has 1 aromatic carbocycles. The summed E-state index contributed by atoms with van der Waals surface area (Å²) in [5, 5.41) is 3.05. The molecule has 2 heterocycles. The van der Waals surface area contributed by atoms with Crippen LogP contribution in [0.4, 0.5) is 20.2 Å². The maximum absolute atomic E-state index is 14.7. The van der Waals surface area contributed by atoms with Crippen molar-refractivity contribution < 1.29 is 22.0 Å². The van der Waals surface area contributed by atoms with Crippen molar-refractivity contribution in [2.24, 2.45) is 0 Å². The fourth-order valence-electron chi connectivity index (χ4n) is 2.78. The van der Waals surface area contributed by atoms with Crippen LogP contribution in [-0.4, -0.2) is 30.0 Å². The fourth-order valence-corrected chi connectivity index (χ4v) is 3.91. The molecule has 0 unspecified atom stereocenters. The Morgan fingerprint density at radius 3 is 2.79 bits per heavy atom. The number of fused-ring (bicyclic) bond motifs is 1. The highest BCUT2D eigenvalue weighted by Crippen LogP contribution is 2.25. The number of hydrogen-bond donors (Lipinski definition) is 3. The number of nitrogens with zero attached hydrogens (tertiary/aromatic N) is 1. The lowest BCUT2D eigenvalue weighted by molar-refractivity contribution is 0.101. The lowest BCUT2D eigenvalue weighted by Gasteiger charge is -2.12. The van der Waals surface area contributed by atoms with Crippen molar-refractivity contribution in [2.75, 3.05) is 15.8 Å². The lowest BCUT2D eigenvalue weighted by atomic mass is 10.1. The number of pyridine rings is 1. The van der Waals surface area contributed by atoms with Gasteiger partial charge in [-0.25, -0.2) is 22.2 Å². The first-order valence-electron chi connectivity index (χ1n) is 8.65. The highest BCUT2D eigenvalue weighted by atomic mass is 32.2. The first-order valence-corrected chi connectivity index (χ1v) is 10.3. The molecule has 0 spiro atoms. The average Bonchev–Trinajstić information content (AvgIpc) is 3.06. The van der Waals surface area contributed by atoms with E-state index < -0.39 is 38.8 Å². The van der Waals surface area contributed by atoms with Gasteiger partial charge in [-0.05, 0) is 24.6 Å². The molecule has 7 nitrogen and oxygen atoms in total. The molecular weight excluding hydrogens is 402 g/mol. The van der Waals surface area contributed by atoms with Crippen molar-refractivity contribution in [3.05, 3.63) is 59.9 Å². The SMILES string of the molecule is C=Cc1c[nH]c2ncc(NC(=O)c3c(F)ccc(NS(=O)(=O)CCC)c3F)cc12. The van der Waals surface area contributed by atoms with Crippen LogP contribution in [0.3, 0.4) is 0 Å². The predicted molar refractivity (Wildman–Crippen MR) is 108 cm³/mol. The van der Waals surface area contributed by atoms with Gasteiger partial charge in [-0.1, -0.05) is 19.6 Å². The van der Waals surface area contributed by atoms with Crippen LogP contribution in [-0.2, 0) is 10.0 Å². The molecule has 3 rings (SSSR count). The molecule has 0 aliphatic carbocycles. The van der Waals surface area contributed by atoms with E-state index in [1.807, 2.05) is 4.72 Å². The number of hydrogen-bond acceptors (Lipinski definition) is 4. The van der Waals surface area contributed by atoms with Crippen LogP contribution in [0.2, 0.25) is 0 Å². The van der Waals surface area contributed by atoms with E-state index in [-0.39, 0.29) is 11.4 Å². The van der Waals surface area contributed by atoms with E-state index in [1.54, 1.807) is 25.3 Å². The maximum atomic E-state index is 14.7. The second kappa shape index (κ2) is 8.00. The number of anilines is 2. The fraction of sp³-hybridized carbons (Fsp3) is 0.158. The zero-order valence-corrected chi connectivity index (χ0v) is 16.2. The van der Waals surface area contributed by atoms with Gasteiger partial charge in [0.2, 0.25) is 10.0 Å². The van der Waals surface area contributed by atoms with Crippen LogP contribution in [0.5, 0.6) is 0 Å². The molecule has 10 heteroatoms. The summed E-state index contributed by atoms with van der Waals surface area (Å²) in [6.45, 7) is 5.32. The summed E-state index contributed by atoms with van der Waals surface area (Å²) in [5.41, 5.74) is 0.106. The third-order valence-corrected chi connectivity index (χ3v) is 5.57. The van der Waals surface area contributed by atoms with Crippen molar-refractivity contribution in [1.82, 2.24) is 9.97 Å². The molecule has 0 radical (unpaired) electrons. The Morgan fingerprint density at radius 1 is 1.34 bits per heavy atom. The monoisotopic (exact) mass is 420 g/mol. The van der Waals surface area contributed by atoms with Crippen LogP contribution in [0.1, 0.15) is 29.3 Å². The zero-order valence-electron chi connectivity index (χ0n) is 15.4. The molecule has 3 aromatic rings. The van der Waals surface area contributed by atoms with Crippen LogP contribution in [0.15, 0.2) is 37.2 Å². The van der Waals surface area contributed by atoms with Crippen molar-refractivity contribution in [2.45, 2.75) is 13.3 Å². The number of aromatic amines is 1. The van der Waals surface area contributed by atoms with E-state index in [0.29, 0.717) is 17.5 Å². The molecule has 0 saturated carbocycles. The van der Waals surface area contributed by atoms with Crippen molar-refractivity contribution in [3.8, 4) is 0 Å². The molecule has 0 aliphatic rings. The Kier molecular flexibility index (Phi) is 5.64. The largest absolute Gasteiger partial charge is 0.346 e. The molecule has 29 heavy (non-hydrogen) atoms. The quantitative estimate of drug-likeness (QED) is 0.539. The number of H-pyrrole nitrogens is 1. The van der Waals surface area contributed by atoms with Crippen molar-refractivity contribution >= 4 is 44.4 Å². The van der Waals surface area contributed by atoms with Gasteiger partial charge >= 0.3 is 0 Å². The van der Waals surface area contributed by atoms with Gasteiger partial charge in [0, 0.05) is 17.1 Å². The zero-order chi connectivity index (χ0) is 21.2. The number of amides is 1. The van der Waals surface area contributed by atoms with Gasteiger partial charge in [-0.2, -0.15) is 0 Å². The molecule has 0 bridgehead atoms. The van der Waals surface area contributed by atoms with Crippen molar-refractivity contribution in [1.29, 1.82) is 0 Å². The first-order chi connectivity index (χ1) is 13.8. The summed E-state index contributed by atoms with van der Waals surface area (Å²) < 4.78 is 54.7. The number of aromatic nitrogens is 2. The predicted octanol–water partition coefficient (Wildman–Crippen LogP) is 3.89. The van der Waals surface area contributed by atoms with Gasteiger partial charge in [0.1, 0.15) is 17.0 Å². The van der Waals surface area contributed by atoms with Gasteiger partial charge in [0.05, 0.1) is 23.3 Å². The van der Waals surface area contributed by atoms with Gasteiger partial charge in [0.15, 0.2) is 5.82 Å². The summed E-state index contributed by atoms with van der Waals surface area (Å²) in [7, 11) is -3.81. The summed E-state index contributed by atoms with van der Waals surface area (Å²) >= 11 is 0. The Bertz CT molecular complexity index is 1210. The third kappa shape index (κ3) is 4.27. The topological polar surface area (TPSA) is 104 Å². The number of carbonyl (C=O) groups excluding carboxylic acids is 1. The molecule has 0 atom stereocenters. The normalized spacial score (nSPS) is 11.4. The highest BCUT2D eigenvalue weighted by Gasteiger charge is 2.23. The van der Waals surface area contributed by atoms with Crippen LogP contribution in [0.25, 0.3) is 17.1 Å². The van der Waals surface area contributed by atoms with Gasteiger partial charge in [0.25, 0.3) is 5.91 Å². The second-order valence-electron chi connectivity index (χ2n) is 6.23. The minimum atomic E-state index is -3.81. The third-order valence-electron chi connectivity index (χ3n) is 4.10. The van der Waals surface area contributed by atoms with Crippen molar-refractivity contribution in [3.63, 3.8) is 0 Å². The second-order valence-corrected chi connectivity index (χ2v) is 8.07. The molecule has 0 fully saturated rings.